The van der Waals surface area contributed by atoms with Crippen LogP contribution in [-0.4, -0.2) is 0 Å². The highest BCUT2D eigenvalue weighted by Crippen LogP contribution is 2.58. The molecule has 2 unspecified atom stereocenters. The molecule has 2 aliphatic rings. The number of aryl methyl sites for hydroxylation is 2. The Morgan fingerprint density at radius 2 is 1.69 bits per heavy atom. The Kier molecular flexibility index (Phi) is 3.08. The van der Waals surface area contributed by atoms with Crippen molar-refractivity contribution in [3.8, 4) is 11.3 Å². The molecule has 1 aromatic heterocycles. The minimum absolute atomic E-state index is 0.0605. The fourth-order valence-corrected chi connectivity index (χ4v) is 5.51. The molecule has 1 aliphatic heterocycles. The molecule has 1 heteroatoms. The molecule has 0 amide bonds. The van der Waals surface area contributed by atoms with Crippen molar-refractivity contribution < 1.29 is 4.57 Å². The van der Waals surface area contributed by atoms with Crippen LogP contribution in [0, 0.1) is 13.8 Å². The van der Waals surface area contributed by atoms with E-state index >= 15 is 0 Å². The van der Waals surface area contributed by atoms with Crippen molar-refractivity contribution in [2.24, 2.45) is 0 Å². The van der Waals surface area contributed by atoms with Gasteiger partial charge < -0.3 is 0 Å². The molecule has 0 saturated carbocycles. The monoisotopic (exact) mass is 340 g/mol. The van der Waals surface area contributed by atoms with E-state index in [0.717, 1.165) is 12.8 Å². The Labute approximate surface area is 156 Å². The number of pyridine rings is 1. The van der Waals surface area contributed by atoms with Gasteiger partial charge in [0.05, 0.1) is 11.0 Å². The molecule has 0 spiro atoms. The fraction of sp³-hybridized carbons (Fsp3) is 0.320. The van der Waals surface area contributed by atoms with Crippen LogP contribution in [0.4, 0.5) is 0 Å². The summed E-state index contributed by atoms with van der Waals surface area (Å²) < 4.78 is 2.59. The largest absolute Gasteiger partial charge is 0.214 e. The van der Waals surface area contributed by atoms with E-state index in [2.05, 4.69) is 93.1 Å². The summed E-state index contributed by atoms with van der Waals surface area (Å²) in [7, 11) is 0. The highest BCUT2D eigenvalue weighted by Gasteiger charge is 2.64. The Balaban J connectivity index is 2.01. The highest BCUT2D eigenvalue weighted by atomic mass is 15.1. The van der Waals surface area contributed by atoms with Gasteiger partial charge in [-0.1, -0.05) is 56.3 Å². The van der Waals surface area contributed by atoms with E-state index in [4.69, 9.17) is 0 Å². The zero-order valence-corrected chi connectivity index (χ0v) is 16.1. The molecule has 1 nitrogen and oxygen atoms in total. The maximum atomic E-state index is 2.59. The van der Waals surface area contributed by atoms with Gasteiger partial charge in [0.25, 0.3) is 0 Å². The van der Waals surface area contributed by atoms with Gasteiger partial charge in [-0.3, -0.25) is 0 Å². The van der Waals surface area contributed by atoms with Gasteiger partial charge in [0.2, 0.25) is 5.69 Å². The normalized spacial score (nSPS) is 25.4. The summed E-state index contributed by atoms with van der Waals surface area (Å²) in [5.74, 6) is 0. The molecule has 0 fully saturated rings. The van der Waals surface area contributed by atoms with Gasteiger partial charge >= 0.3 is 0 Å². The number of allylic oxidation sites excluding steroid dienone is 2. The summed E-state index contributed by atoms with van der Waals surface area (Å²) in [5, 5.41) is 2.70. The number of nitrogens with zero attached hydrogens (tertiary/aromatic N) is 1. The lowest BCUT2D eigenvalue weighted by atomic mass is 9.52. The zero-order chi connectivity index (χ0) is 18.1. The van der Waals surface area contributed by atoms with Crippen molar-refractivity contribution in [2.75, 3.05) is 0 Å². The molecule has 0 bridgehead atoms. The van der Waals surface area contributed by atoms with Crippen LogP contribution in [-0.2, 0) is 11.0 Å². The minimum Gasteiger partial charge on any atom is -0.188 e. The number of fused-ring (bicyclic) bond motifs is 8. The first-order valence-electron chi connectivity index (χ1n) is 9.84. The van der Waals surface area contributed by atoms with Gasteiger partial charge in [0.15, 0.2) is 11.7 Å². The SMILES string of the molecule is CCC12C=CC1(CC)[n+]1cc(C)c(C)cc1-c1c2ccc2ccccc12. The summed E-state index contributed by atoms with van der Waals surface area (Å²) >= 11 is 0. The van der Waals surface area contributed by atoms with Crippen LogP contribution in [0.3, 0.4) is 0 Å². The van der Waals surface area contributed by atoms with Crippen LogP contribution in [0.15, 0.2) is 60.8 Å². The minimum atomic E-state index is 0.0605. The molecule has 3 aromatic rings. The molecule has 26 heavy (non-hydrogen) atoms. The first-order valence-corrected chi connectivity index (χ1v) is 9.84. The molecular weight excluding hydrogens is 314 g/mol. The Hall–Kier alpha value is -2.41. The van der Waals surface area contributed by atoms with E-state index in [9.17, 15) is 0 Å². The van der Waals surface area contributed by atoms with Gasteiger partial charge in [0, 0.05) is 18.1 Å². The van der Waals surface area contributed by atoms with Crippen LogP contribution in [0.5, 0.6) is 0 Å². The Morgan fingerprint density at radius 3 is 2.38 bits per heavy atom. The highest BCUT2D eigenvalue weighted by molar-refractivity contribution is 5.98. The van der Waals surface area contributed by atoms with Crippen molar-refractivity contribution in [1.82, 2.24) is 0 Å². The Morgan fingerprint density at radius 1 is 0.885 bits per heavy atom. The van der Waals surface area contributed by atoms with Crippen molar-refractivity contribution >= 4 is 10.8 Å². The average molecular weight is 340 g/mol. The van der Waals surface area contributed by atoms with Gasteiger partial charge in [-0.2, -0.15) is 4.57 Å². The van der Waals surface area contributed by atoms with E-state index in [-0.39, 0.29) is 11.0 Å². The van der Waals surface area contributed by atoms with E-state index in [0.29, 0.717) is 0 Å². The summed E-state index contributed by atoms with van der Waals surface area (Å²) in [6, 6.07) is 16.0. The lowest BCUT2D eigenvalue weighted by Gasteiger charge is -2.52. The molecule has 0 radical (unpaired) electrons. The molecular formula is C25H26N+. The van der Waals surface area contributed by atoms with Crippen LogP contribution < -0.4 is 4.57 Å². The third-order valence-corrected chi connectivity index (χ3v) is 7.17. The smallest absolute Gasteiger partial charge is 0.188 e. The van der Waals surface area contributed by atoms with Gasteiger partial charge in [-0.25, -0.2) is 0 Å². The maximum Gasteiger partial charge on any atom is 0.214 e. The van der Waals surface area contributed by atoms with Crippen molar-refractivity contribution in [3.63, 3.8) is 0 Å². The van der Waals surface area contributed by atoms with Crippen molar-refractivity contribution in [1.29, 1.82) is 0 Å². The van der Waals surface area contributed by atoms with E-state index in [1.54, 1.807) is 0 Å². The van der Waals surface area contributed by atoms with E-state index < -0.39 is 0 Å². The number of rotatable bonds is 2. The number of hydrogen-bond donors (Lipinski definition) is 0. The third-order valence-electron chi connectivity index (χ3n) is 7.17. The summed E-state index contributed by atoms with van der Waals surface area (Å²) in [5.41, 5.74) is 7.21. The topological polar surface area (TPSA) is 3.88 Å². The average Bonchev–Trinajstić information content (AvgIpc) is 2.64. The number of hydrogen-bond acceptors (Lipinski definition) is 0. The lowest BCUT2D eigenvalue weighted by molar-refractivity contribution is -0.759. The van der Waals surface area contributed by atoms with Crippen LogP contribution in [0.2, 0.25) is 0 Å². The molecule has 0 N–H and O–H groups in total. The van der Waals surface area contributed by atoms with Gasteiger partial charge in [-0.05, 0) is 48.2 Å². The van der Waals surface area contributed by atoms with Crippen molar-refractivity contribution in [3.05, 3.63) is 77.5 Å². The standard InChI is InChI=1S/C25H26N/c1-5-24-13-14-25(24,6-2)26-16-18(4)17(3)15-22(26)23-20-10-8-7-9-19(20)11-12-21(23)24/h7-16H,5-6H2,1-4H3/q+1. The third kappa shape index (κ3) is 1.60. The number of aromatic nitrogens is 1. The van der Waals surface area contributed by atoms with Gasteiger partial charge in [-0.15, -0.1) is 0 Å². The van der Waals surface area contributed by atoms with Crippen LogP contribution >= 0.6 is 0 Å². The molecule has 2 atom stereocenters. The lowest BCUT2D eigenvalue weighted by Crippen LogP contribution is -2.72. The van der Waals surface area contributed by atoms with Gasteiger partial charge in [0.1, 0.15) is 0 Å². The second-order valence-corrected chi connectivity index (χ2v) is 8.04. The predicted octanol–water partition coefficient (Wildman–Crippen LogP) is 5.75. The predicted molar refractivity (Wildman–Crippen MR) is 108 cm³/mol. The van der Waals surface area contributed by atoms with E-state index in [1.807, 2.05) is 0 Å². The number of benzene rings is 2. The molecule has 2 aromatic carbocycles. The summed E-state index contributed by atoms with van der Waals surface area (Å²) in [4.78, 5) is 0. The summed E-state index contributed by atoms with van der Waals surface area (Å²) in [6.07, 6.45) is 9.56. The zero-order valence-electron chi connectivity index (χ0n) is 16.1. The quantitative estimate of drug-likeness (QED) is 0.413. The molecule has 0 saturated heterocycles. The molecule has 2 heterocycles. The fourth-order valence-electron chi connectivity index (χ4n) is 5.51. The molecule has 130 valence electrons. The molecule has 1 aliphatic carbocycles. The summed E-state index contributed by atoms with van der Waals surface area (Å²) in [6.45, 7) is 9.16. The first kappa shape index (κ1) is 15.8. The van der Waals surface area contributed by atoms with E-state index in [1.165, 1.54) is 38.7 Å². The van der Waals surface area contributed by atoms with Crippen molar-refractivity contribution in [2.45, 2.75) is 51.5 Å². The first-order chi connectivity index (χ1) is 12.6. The molecule has 5 rings (SSSR count). The second-order valence-electron chi connectivity index (χ2n) is 8.04. The van der Waals surface area contributed by atoms with Crippen LogP contribution in [0.25, 0.3) is 22.0 Å². The second kappa shape index (κ2) is 5.07. The van der Waals surface area contributed by atoms with Crippen LogP contribution in [0.1, 0.15) is 43.4 Å². The Bertz CT molecular complexity index is 1090. The maximum absolute atomic E-state index is 2.59.